The maximum absolute atomic E-state index is 9.05. The third kappa shape index (κ3) is 6.02. The van der Waals surface area contributed by atoms with Crippen molar-refractivity contribution in [1.29, 1.82) is 0 Å². The molecule has 0 radical (unpaired) electrons. The van der Waals surface area contributed by atoms with Crippen molar-refractivity contribution in [3.8, 4) is 0 Å². The maximum Gasteiger partial charge on any atom is 0.0682 e. The lowest BCUT2D eigenvalue weighted by Gasteiger charge is -2.14. The number of nitrogens with zero attached hydrogens (tertiary/aromatic N) is 1. The van der Waals surface area contributed by atoms with Gasteiger partial charge in [0.2, 0.25) is 0 Å². The lowest BCUT2D eigenvalue weighted by molar-refractivity contribution is 0.180. The first-order valence-electron chi connectivity index (χ1n) is 5.23. The van der Waals surface area contributed by atoms with Crippen molar-refractivity contribution in [3.63, 3.8) is 0 Å². The fraction of sp³-hybridized carbons (Fsp3) is 1.00. The van der Waals surface area contributed by atoms with Gasteiger partial charge < -0.3 is 10.2 Å². The van der Waals surface area contributed by atoms with Crippen LogP contribution in [-0.4, -0.2) is 47.5 Å². The van der Waals surface area contributed by atoms with Crippen molar-refractivity contribution in [1.82, 2.24) is 4.90 Å². The molecule has 82 valence electrons. The molecule has 0 aromatic heterocycles. The third-order valence-corrected chi connectivity index (χ3v) is 1.88. The van der Waals surface area contributed by atoms with Crippen LogP contribution in [0.4, 0.5) is 0 Å². The summed E-state index contributed by atoms with van der Waals surface area (Å²) in [6.45, 7) is 8.86. The van der Waals surface area contributed by atoms with E-state index in [0.717, 1.165) is 0 Å². The van der Waals surface area contributed by atoms with E-state index in [1.54, 1.807) is 0 Å². The van der Waals surface area contributed by atoms with E-state index in [-0.39, 0.29) is 18.8 Å². The molecule has 0 aromatic rings. The van der Waals surface area contributed by atoms with E-state index in [2.05, 4.69) is 0 Å². The normalized spacial score (nSPS) is 27.0. The molecule has 0 amide bonds. The van der Waals surface area contributed by atoms with Gasteiger partial charge in [-0.05, 0) is 13.5 Å². The van der Waals surface area contributed by atoms with Crippen LogP contribution in [0.3, 0.4) is 0 Å². The third-order valence-electron chi connectivity index (χ3n) is 1.88. The number of hydrogen-bond donors (Lipinski definition) is 2. The van der Waals surface area contributed by atoms with Crippen LogP contribution < -0.4 is 0 Å². The molecule has 13 heavy (non-hydrogen) atoms. The van der Waals surface area contributed by atoms with E-state index in [9.17, 15) is 0 Å². The number of aliphatic hydroxyl groups is 2. The maximum atomic E-state index is 9.05. The van der Waals surface area contributed by atoms with Gasteiger partial charge in [0.15, 0.2) is 0 Å². The van der Waals surface area contributed by atoms with Gasteiger partial charge in [0.05, 0.1) is 12.7 Å². The van der Waals surface area contributed by atoms with Crippen LogP contribution in [-0.2, 0) is 0 Å². The van der Waals surface area contributed by atoms with Gasteiger partial charge in [0, 0.05) is 12.6 Å². The van der Waals surface area contributed by atoms with Gasteiger partial charge in [0.1, 0.15) is 0 Å². The Hall–Kier alpha value is -0.120. The summed E-state index contributed by atoms with van der Waals surface area (Å²) in [7, 11) is 1.91. The number of likely N-dealkylation sites (N-methyl/N-ethyl adjacent to an activating group) is 1. The highest BCUT2D eigenvalue weighted by molar-refractivity contribution is 4.81. The highest BCUT2D eigenvalue weighted by Crippen LogP contribution is 2.13. The zero-order valence-electron chi connectivity index (χ0n) is 9.62. The van der Waals surface area contributed by atoms with E-state index in [1.807, 2.05) is 39.6 Å². The average molecular weight is 191 g/mol. The second-order valence-corrected chi connectivity index (χ2v) is 2.67. The molecular formula is C10H25NO2. The van der Waals surface area contributed by atoms with E-state index in [0.29, 0.717) is 13.0 Å². The molecular weight excluding hydrogens is 166 g/mol. The van der Waals surface area contributed by atoms with Crippen molar-refractivity contribution in [2.75, 3.05) is 20.2 Å². The van der Waals surface area contributed by atoms with Crippen LogP contribution in [0.5, 0.6) is 0 Å². The van der Waals surface area contributed by atoms with Gasteiger partial charge in [-0.2, -0.15) is 0 Å². The Balaban J connectivity index is 0. The topological polar surface area (TPSA) is 43.7 Å². The Labute approximate surface area is 82.4 Å². The summed E-state index contributed by atoms with van der Waals surface area (Å²) >= 11 is 0. The summed E-state index contributed by atoms with van der Waals surface area (Å²) in [6.07, 6.45) is 0.486. The van der Waals surface area contributed by atoms with Crippen LogP contribution in [0.2, 0.25) is 0 Å². The molecule has 2 N–H and O–H groups in total. The van der Waals surface area contributed by atoms with Crippen molar-refractivity contribution < 1.29 is 10.2 Å². The highest BCUT2D eigenvalue weighted by Gasteiger charge is 2.26. The second kappa shape index (κ2) is 9.96. The van der Waals surface area contributed by atoms with Crippen LogP contribution in [0.1, 0.15) is 34.1 Å². The number of likely N-dealkylation sites (tertiary alicyclic amines) is 1. The largest absolute Gasteiger partial charge is 0.395 e. The predicted molar refractivity (Wildman–Crippen MR) is 56.8 cm³/mol. The zero-order chi connectivity index (χ0) is 10.9. The summed E-state index contributed by atoms with van der Waals surface area (Å²) < 4.78 is 0. The van der Waals surface area contributed by atoms with Crippen LogP contribution in [0.25, 0.3) is 0 Å². The Kier molecular flexibility index (Phi) is 11.8. The number of aliphatic hydroxyl groups excluding tert-OH is 2. The molecule has 0 spiro atoms. The first kappa shape index (κ1) is 15.4. The summed E-state index contributed by atoms with van der Waals surface area (Å²) in [5, 5.41) is 17.7. The SMILES string of the molecule is CC.CC.CN1CC(O)CC1CO. The van der Waals surface area contributed by atoms with Crippen LogP contribution in [0.15, 0.2) is 0 Å². The molecule has 0 saturated carbocycles. The van der Waals surface area contributed by atoms with Gasteiger partial charge in [-0.25, -0.2) is 0 Å². The Morgan fingerprint density at radius 2 is 1.69 bits per heavy atom. The van der Waals surface area contributed by atoms with E-state index in [4.69, 9.17) is 10.2 Å². The van der Waals surface area contributed by atoms with Gasteiger partial charge in [0.25, 0.3) is 0 Å². The molecule has 3 nitrogen and oxygen atoms in total. The molecule has 0 aromatic carbocycles. The van der Waals surface area contributed by atoms with Crippen molar-refractivity contribution in [2.45, 2.75) is 46.3 Å². The Morgan fingerprint density at radius 3 is 1.85 bits per heavy atom. The summed E-state index contributed by atoms with van der Waals surface area (Å²) in [4.78, 5) is 1.98. The Morgan fingerprint density at radius 1 is 1.23 bits per heavy atom. The fourth-order valence-corrected chi connectivity index (χ4v) is 1.26. The van der Waals surface area contributed by atoms with Crippen LogP contribution in [0, 0.1) is 0 Å². The molecule has 3 heteroatoms. The monoisotopic (exact) mass is 191 g/mol. The lowest BCUT2D eigenvalue weighted by Crippen LogP contribution is -2.27. The van der Waals surface area contributed by atoms with Gasteiger partial charge in [-0.15, -0.1) is 0 Å². The van der Waals surface area contributed by atoms with Gasteiger partial charge in [-0.3, -0.25) is 4.90 Å². The molecule has 2 atom stereocenters. The van der Waals surface area contributed by atoms with Gasteiger partial charge >= 0.3 is 0 Å². The molecule has 1 heterocycles. The average Bonchev–Trinajstić information content (AvgIpc) is 2.51. The first-order valence-corrected chi connectivity index (χ1v) is 5.23. The van der Waals surface area contributed by atoms with Gasteiger partial charge in [-0.1, -0.05) is 27.7 Å². The number of rotatable bonds is 1. The zero-order valence-corrected chi connectivity index (χ0v) is 9.62. The first-order chi connectivity index (χ1) is 6.24. The van der Waals surface area contributed by atoms with E-state index < -0.39 is 0 Å². The van der Waals surface area contributed by atoms with Crippen molar-refractivity contribution in [3.05, 3.63) is 0 Å². The standard InChI is InChI=1S/C6H13NO2.2C2H6/c1-7-3-6(9)2-5(7)4-8;2*1-2/h5-6,8-9H,2-4H2,1H3;2*1-2H3. The highest BCUT2D eigenvalue weighted by atomic mass is 16.3. The minimum atomic E-state index is -0.229. The minimum absolute atomic E-state index is 0.160. The van der Waals surface area contributed by atoms with Crippen molar-refractivity contribution >= 4 is 0 Å². The molecule has 1 aliphatic rings. The van der Waals surface area contributed by atoms with Crippen molar-refractivity contribution in [2.24, 2.45) is 0 Å². The summed E-state index contributed by atoms with van der Waals surface area (Å²) in [5.41, 5.74) is 0. The minimum Gasteiger partial charge on any atom is -0.395 e. The summed E-state index contributed by atoms with van der Waals surface area (Å²) in [6, 6.07) is 0.181. The Bertz CT molecular complexity index is 98.9. The molecule has 1 fully saturated rings. The molecule has 2 unspecified atom stereocenters. The van der Waals surface area contributed by atoms with E-state index in [1.165, 1.54) is 0 Å². The molecule has 0 bridgehead atoms. The smallest absolute Gasteiger partial charge is 0.0682 e. The molecule has 1 aliphatic heterocycles. The predicted octanol–water partition coefficient (Wildman–Crippen LogP) is 1.10. The number of β-amino-alcohol motifs (C(OH)–C–C–N with tert-alkyl or cyclic N) is 1. The molecule has 1 rings (SSSR count). The van der Waals surface area contributed by atoms with Crippen LogP contribution >= 0.6 is 0 Å². The number of hydrogen-bond acceptors (Lipinski definition) is 3. The quantitative estimate of drug-likeness (QED) is 0.652. The second-order valence-electron chi connectivity index (χ2n) is 2.67. The van der Waals surface area contributed by atoms with E-state index >= 15 is 0 Å². The fourth-order valence-electron chi connectivity index (χ4n) is 1.26. The molecule has 1 saturated heterocycles. The molecule has 0 aliphatic carbocycles. The summed E-state index contributed by atoms with van der Waals surface area (Å²) in [5.74, 6) is 0. The lowest BCUT2D eigenvalue weighted by atomic mass is 10.2.